The topological polar surface area (TPSA) is 101 Å². The number of nitrogens with zero attached hydrogens (tertiary/aromatic N) is 7. The van der Waals surface area contributed by atoms with Gasteiger partial charge in [-0.1, -0.05) is 36.0 Å². The fraction of sp³-hybridized carbons (Fsp3) is 0.500. The summed E-state index contributed by atoms with van der Waals surface area (Å²) in [5, 5.41) is 17.8. The molecule has 0 amide bonds. The Morgan fingerprint density at radius 2 is 1.92 bits per heavy atom. The van der Waals surface area contributed by atoms with Crippen LogP contribution in [-0.2, 0) is 18.9 Å². The minimum absolute atomic E-state index is 0.142. The highest BCUT2D eigenvalue weighted by atomic mass is 35.5. The number of aromatic nitrogens is 4. The highest BCUT2D eigenvalue weighted by Crippen LogP contribution is 2.32. The van der Waals surface area contributed by atoms with Crippen molar-refractivity contribution in [1.29, 1.82) is 5.26 Å². The first-order chi connectivity index (χ1) is 17.0. The van der Waals surface area contributed by atoms with Crippen LogP contribution >= 0.6 is 11.6 Å². The van der Waals surface area contributed by atoms with Crippen LogP contribution in [0.5, 0.6) is 0 Å². The van der Waals surface area contributed by atoms with Crippen LogP contribution in [0, 0.1) is 11.3 Å². The smallest absolute Gasteiger partial charge is 0.270 e. The van der Waals surface area contributed by atoms with Gasteiger partial charge in [0.15, 0.2) is 0 Å². The summed E-state index contributed by atoms with van der Waals surface area (Å²) in [6, 6.07) is 7.72. The summed E-state index contributed by atoms with van der Waals surface area (Å²) in [4.78, 5) is 24.2. The summed E-state index contributed by atoms with van der Waals surface area (Å²) in [5.41, 5.74) is 2.45. The molecule has 0 aliphatic heterocycles. The van der Waals surface area contributed by atoms with E-state index in [1.807, 2.05) is 40.9 Å². The van der Waals surface area contributed by atoms with Crippen LogP contribution in [0.1, 0.15) is 64.1 Å². The number of fused-ring (bicyclic) bond motifs is 1. The number of oxime groups is 1. The fourth-order valence-corrected chi connectivity index (χ4v) is 4.36. The average molecular weight is 512 g/mol. The van der Waals surface area contributed by atoms with E-state index >= 15 is 0 Å². The quantitative estimate of drug-likeness (QED) is 0.283. The zero-order valence-corrected chi connectivity index (χ0v) is 22.6. The van der Waals surface area contributed by atoms with Crippen LogP contribution in [0.2, 0.25) is 5.15 Å². The number of rotatable bonds is 4. The first-order valence-electron chi connectivity index (χ1n) is 12.0. The minimum atomic E-state index is -0.290. The van der Waals surface area contributed by atoms with E-state index in [1.165, 1.54) is 23.8 Å². The molecule has 1 saturated carbocycles. The Morgan fingerprint density at radius 1 is 1.22 bits per heavy atom. The van der Waals surface area contributed by atoms with E-state index in [1.54, 1.807) is 36.3 Å². The largest absolute Gasteiger partial charge is 0.390 e. The standard InChI is InChI=1S/C17H19ClN4O.C9H15N3O/c1-21(11-6-4-3-5-7-11)16-12(10-19)17(23)22(2)13-8-9-14(18)20-15(13)16;1-9(2,3)13-11-7-8-5-6-10-12(8)4/h8-9,11H,3-7H2,1-2H3;5-7H,1-4H3/b;11-7+. The molecule has 192 valence electrons. The van der Waals surface area contributed by atoms with Gasteiger partial charge in [0.1, 0.15) is 27.9 Å². The molecule has 3 heterocycles. The SMILES string of the molecule is CN(c1c(C#N)c(=O)n(C)c2ccc(Cl)nc12)C1CCCCC1.Cn1nccc1/C=N/OC(C)(C)C. The highest BCUT2D eigenvalue weighted by molar-refractivity contribution is 6.29. The number of anilines is 1. The number of aryl methyl sites for hydroxylation is 2. The maximum absolute atomic E-state index is 12.6. The molecule has 0 N–H and O–H groups in total. The molecule has 1 aliphatic rings. The zero-order chi connectivity index (χ0) is 26.5. The number of pyridine rings is 2. The summed E-state index contributed by atoms with van der Waals surface area (Å²) in [7, 11) is 5.47. The summed E-state index contributed by atoms with van der Waals surface area (Å²) < 4.78 is 3.20. The van der Waals surface area contributed by atoms with Crippen molar-refractivity contribution >= 4 is 34.5 Å². The molecule has 3 aromatic rings. The van der Waals surface area contributed by atoms with Crippen molar-refractivity contribution in [2.45, 2.75) is 64.5 Å². The lowest BCUT2D eigenvalue weighted by Crippen LogP contribution is -2.36. The number of nitriles is 1. The van der Waals surface area contributed by atoms with Crippen LogP contribution in [0.15, 0.2) is 34.3 Å². The Bertz CT molecular complexity index is 1330. The van der Waals surface area contributed by atoms with Gasteiger partial charge >= 0.3 is 0 Å². The second-order valence-corrected chi connectivity index (χ2v) is 10.3. The Labute approximate surface area is 216 Å². The predicted octanol–water partition coefficient (Wildman–Crippen LogP) is 4.80. The van der Waals surface area contributed by atoms with Gasteiger partial charge in [0.2, 0.25) is 0 Å². The van der Waals surface area contributed by atoms with Gasteiger partial charge < -0.3 is 14.3 Å². The van der Waals surface area contributed by atoms with Crippen LogP contribution in [0.25, 0.3) is 11.0 Å². The van der Waals surface area contributed by atoms with Gasteiger partial charge in [0.05, 0.1) is 23.1 Å². The van der Waals surface area contributed by atoms with Crippen molar-refractivity contribution in [3.63, 3.8) is 0 Å². The summed E-state index contributed by atoms with van der Waals surface area (Å²) in [6.45, 7) is 5.86. The van der Waals surface area contributed by atoms with Crippen LogP contribution in [0.3, 0.4) is 0 Å². The third-order valence-corrected chi connectivity index (χ3v) is 6.35. The molecule has 1 fully saturated rings. The van der Waals surface area contributed by atoms with Crippen molar-refractivity contribution in [3.8, 4) is 6.07 Å². The van der Waals surface area contributed by atoms with Crippen molar-refractivity contribution in [3.05, 3.63) is 51.2 Å². The fourth-order valence-electron chi connectivity index (χ4n) is 4.21. The summed E-state index contributed by atoms with van der Waals surface area (Å²) >= 11 is 6.07. The third kappa shape index (κ3) is 6.43. The van der Waals surface area contributed by atoms with E-state index in [0.717, 1.165) is 18.5 Å². The Morgan fingerprint density at radius 3 is 2.50 bits per heavy atom. The first kappa shape index (κ1) is 27.2. The minimum Gasteiger partial charge on any atom is -0.390 e. The van der Waals surface area contributed by atoms with Gasteiger partial charge in [-0.2, -0.15) is 10.4 Å². The highest BCUT2D eigenvalue weighted by Gasteiger charge is 2.25. The normalized spacial score (nSPS) is 14.4. The van der Waals surface area contributed by atoms with Gasteiger partial charge in [-0.25, -0.2) is 4.98 Å². The predicted molar refractivity (Wildman–Crippen MR) is 144 cm³/mol. The van der Waals surface area contributed by atoms with Crippen LogP contribution in [-0.4, -0.2) is 44.2 Å². The zero-order valence-electron chi connectivity index (χ0n) is 21.8. The van der Waals surface area contributed by atoms with E-state index in [9.17, 15) is 10.1 Å². The maximum atomic E-state index is 12.6. The van der Waals surface area contributed by atoms with Crippen molar-refractivity contribution in [1.82, 2.24) is 19.3 Å². The number of hydrogen-bond donors (Lipinski definition) is 0. The number of hydrogen-bond acceptors (Lipinski definition) is 7. The van der Waals surface area contributed by atoms with Crippen molar-refractivity contribution in [2.24, 2.45) is 19.3 Å². The Balaban J connectivity index is 0.000000236. The summed E-state index contributed by atoms with van der Waals surface area (Å²) in [6.07, 6.45) is 9.10. The molecule has 0 radical (unpaired) electrons. The molecule has 0 aromatic carbocycles. The Hall–Kier alpha value is -3.38. The van der Waals surface area contributed by atoms with Crippen LogP contribution < -0.4 is 10.5 Å². The van der Waals surface area contributed by atoms with E-state index in [2.05, 4.69) is 26.2 Å². The molecule has 3 aromatic heterocycles. The molecule has 0 bridgehead atoms. The van der Waals surface area contributed by atoms with Gasteiger partial charge in [-0.05, 0) is 51.8 Å². The van der Waals surface area contributed by atoms with E-state index in [-0.39, 0.29) is 16.7 Å². The molecular formula is C26H34ClN7O2. The second-order valence-electron chi connectivity index (χ2n) is 9.92. The van der Waals surface area contributed by atoms with Crippen molar-refractivity contribution in [2.75, 3.05) is 11.9 Å². The van der Waals surface area contributed by atoms with Crippen molar-refractivity contribution < 1.29 is 4.84 Å². The third-order valence-electron chi connectivity index (χ3n) is 6.14. The Kier molecular flexibility index (Phi) is 8.75. The monoisotopic (exact) mass is 511 g/mol. The molecule has 1 aliphatic carbocycles. The molecule has 0 unspecified atom stereocenters. The molecule has 0 spiro atoms. The van der Waals surface area contributed by atoms with Gasteiger partial charge in [-0.3, -0.25) is 9.48 Å². The van der Waals surface area contributed by atoms with Gasteiger partial charge in [0.25, 0.3) is 5.56 Å². The molecule has 0 atom stereocenters. The lowest BCUT2D eigenvalue weighted by atomic mass is 9.93. The molecule has 36 heavy (non-hydrogen) atoms. The first-order valence-corrected chi connectivity index (χ1v) is 12.4. The van der Waals surface area contributed by atoms with E-state index in [0.29, 0.717) is 27.9 Å². The van der Waals surface area contributed by atoms with E-state index in [4.69, 9.17) is 16.4 Å². The lowest BCUT2D eigenvalue weighted by molar-refractivity contribution is 0.00193. The van der Waals surface area contributed by atoms with E-state index < -0.39 is 0 Å². The van der Waals surface area contributed by atoms with Crippen LogP contribution in [0.4, 0.5) is 5.69 Å². The average Bonchev–Trinajstić information content (AvgIpc) is 3.25. The molecular weight excluding hydrogens is 478 g/mol. The summed E-state index contributed by atoms with van der Waals surface area (Å²) in [5.74, 6) is 0. The second kappa shape index (κ2) is 11.6. The number of halogens is 1. The maximum Gasteiger partial charge on any atom is 0.270 e. The van der Waals surface area contributed by atoms with Gasteiger partial charge in [-0.15, -0.1) is 0 Å². The lowest BCUT2D eigenvalue weighted by Gasteiger charge is -2.33. The van der Waals surface area contributed by atoms with Gasteiger partial charge in [0, 0.05) is 33.4 Å². The molecule has 9 nitrogen and oxygen atoms in total. The molecule has 4 rings (SSSR count). The molecule has 10 heteroatoms. The molecule has 0 saturated heterocycles.